The fourth-order valence-corrected chi connectivity index (χ4v) is 8.04. The van der Waals surface area contributed by atoms with Gasteiger partial charge in [0.05, 0.1) is 11.4 Å². The third-order valence-corrected chi connectivity index (χ3v) is 10.9. The molecule has 0 saturated carbocycles. The summed E-state index contributed by atoms with van der Waals surface area (Å²) in [6, 6.07) is 64.6. The van der Waals surface area contributed by atoms with E-state index in [1.807, 2.05) is 90.2 Å². The second-order valence-electron chi connectivity index (χ2n) is 13.3. The van der Waals surface area contributed by atoms with Crippen molar-refractivity contribution in [3.05, 3.63) is 188 Å². The number of rotatable bonds is 7. The van der Waals surface area contributed by atoms with Gasteiger partial charge in [-0.2, -0.15) is 0 Å². The summed E-state index contributed by atoms with van der Waals surface area (Å²) in [6.07, 6.45) is 0. The molecular formula is C49H31N5S. The monoisotopic (exact) mass is 721 g/mol. The van der Waals surface area contributed by atoms with Crippen LogP contribution < -0.4 is 0 Å². The molecule has 10 aromatic rings. The second-order valence-corrected chi connectivity index (χ2v) is 14.4. The molecule has 5 nitrogen and oxygen atoms in total. The van der Waals surface area contributed by atoms with Gasteiger partial charge in [-0.3, -0.25) is 0 Å². The minimum absolute atomic E-state index is 0.627. The van der Waals surface area contributed by atoms with E-state index >= 15 is 0 Å². The third-order valence-electron chi connectivity index (χ3n) is 9.76. The van der Waals surface area contributed by atoms with Gasteiger partial charge in [-0.25, -0.2) is 24.9 Å². The van der Waals surface area contributed by atoms with Gasteiger partial charge in [0.25, 0.3) is 0 Å². The van der Waals surface area contributed by atoms with Gasteiger partial charge in [-0.1, -0.05) is 158 Å². The maximum absolute atomic E-state index is 5.10. The van der Waals surface area contributed by atoms with Gasteiger partial charge in [-0.05, 0) is 41.5 Å². The van der Waals surface area contributed by atoms with Crippen LogP contribution in [0, 0.1) is 0 Å². The first-order chi connectivity index (χ1) is 27.2. The lowest BCUT2D eigenvalue weighted by Gasteiger charge is -2.11. The lowest BCUT2D eigenvalue weighted by molar-refractivity contribution is 1.07. The van der Waals surface area contributed by atoms with E-state index in [4.69, 9.17) is 24.9 Å². The van der Waals surface area contributed by atoms with Crippen LogP contribution in [0.3, 0.4) is 0 Å². The Balaban J connectivity index is 1.02. The molecule has 0 spiro atoms. The lowest BCUT2D eigenvalue weighted by atomic mass is 9.99. The molecule has 258 valence electrons. The summed E-state index contributed by atoms with van der Waals surface area (Å²) in [4.78, 5) is 24.9. The van der Waals surface area contributed by atoms with Crippen molar-refractivity contribution in [2.45, 2.75) is 0 Å². The highest BCUT2D eigenvalue weighted by molar-refractivity contribution is 7.25. The van der Waals surface area contributed by atoms with Crippen molar-refractivity contribution in [1.82, 2.24) is 24.9 Å². The molecule has 0 radical (unpaired) electrons. The number of aromatic nitrogens is 5. The highest BCUT2D eigenvalue weighted by Crippen LogP contribution is 2.37. The van der Waals surface area contributed by atoms with Crippen LogP contribution in [0.4, 0.5) is 0 Å². The number of hydrogen-bond acceptors (Lipinski definition) is 6. The van der Waals surface area contributed by atoms with Crippen LogP contribution in [0.15, 0.2) is 188 Å². The zero-order valence-electron chi connectivity index (χ0n) is 29.5. The number of hydrogen-bond donors (Lipinski definition) is 0. The average molecular weight is 722 g/mol. The summed E-state index contributed by atoms with van der Waals surface area (Å²) in [5.41, 5.74) is 9.76. The molecule has 3 heterocycles. The van der Waals surface area contributed by atoms with Crippen molar-refractivity contribution in [2.75, 3.05) is 0 Å². The fourth-order valence-electron chi connectivity index (χ4n) is 6.95. The molecule has 0 N–H and O–H groups in total. The molecule has 0 unspecified atom stereocenters. The summed E-state index contributed by atoms with van der Waals surface area (Å²) >= 11 is 1.82. The first-order valence-corrected chi connectivity index (χ1v) is 19.0. The maximum Gasteiger partial charge on any atom is 0.164 e. The van der Waals surface area contributed by atoms with E-state index in [2.05, 4.69) is 109 Å². The van der Waals surface area contributed by atoms with Gasteiger partial charge in [0, 0.05) is 53.6 Å². The van der Waals surface area contributed by atoms with Gasteiger partial charge < -0.3 is 0 Å². The number of nitrogens with zero attached hydrogens (tertiary/aromatic N) is 5. The van der Waals surface area contributed by atoms with Crippen LogP contribution in [0.1, 0.15) is 0 Å². The maximum atomic E-state index is 5.10. The molecule has 7 aromatic carbocycles. The van der Waals surface area contributed by atoms with Gasteiger partial charge in [-0.15, -0.1) is 11.3 Å². The quantitative estimate of drug-likeness (QED) is 0.164. The van der Waals surface area contributed by atoms with Crippen molar-refractivity contribution in [3.8, 4) is 79.2 Å². The van der Waals surface area contributed by atoms with E-state index < -0.39 is 0 Å². The van der Waals surface area contributed by atoms with E-state index in [0.29, 0.717) is 23.3 Å². The van der Waals surface area contributed by atoms with E-state index in [1.165, 1.54) is 20.2 Å². The Morgan fingerprint density at radius 3 is 1.35 bits per heavy atom. The fraction of sp³-hybridized carbons (Fsp3) is 0. The zero-order valence-corrected chi connectivity index (χ0v) is 30.4. The van der Waals surface area contributed by atoms with Crippen LogP contribution in [0.2, 0.25) is 0 Å². The highest BCUT2D eigenvalue weighted by atomic mass is 32.1. The topological polar surface area (TPSA) is 64.5 Å². The third kappa shape index (κ3) is 6.45. The van der Waals surface area contributed by atoms with E-state index in [1.54, 1.807) is 0 Å². The van der Waals surface area contributed by atoms with Crippen LogP contribution in [0.5, 0.6) is 0 Å². The van der Waals surface area contributed by atoms with Crippen molar-refractivity contribution < 1.29 is 0 Å². The van der Waals surface area contributed by atoms with Crippen molar-refractivity contribution in [3.63, 3.8) is 0 Å². The van der Waals surface area contributed by atoms with Crippen molar-refractivity contribution >= 4 is 31.5 Å². The van der Waals surface area contributed by atoms with E-state index in [-0.39, 0.29) is 0 Å². The summed E-state index contributed by atoms with van der Waals surface area (Å²) < 4.78 is 2.56. The molecule has 3 aromatic heterocycles. The number of fused-ring (bicyclic) bond motifs is 3. The normalized spacial score (nSPS) is 11.3. The summed E-state index contributed by atoms with van der Waals surface area (Å²) in [5, 5.41) is 2.51. The molecule has 0 fully saturated rings. The number of thiophene rings is 1. The molecule has 0 amide bonds. The predicted molar refractivity (Wildman–Crippen MR) is 226 cm³/mol. The Labute approximate surface area is 322 Å². The first kappa shape index (κ1) is 32.5. The molecule has 0 atom stereocenters. The van der Waals surface area contributed by atoms with Gasteiger partial charge >= 0.3 is 0 Å². The molecule has 0 aliphatic carbocycles. The molecule has 0 bridgehead atoms. The van der Waals surface area contributed by atoms with Gasteiger partial charge in [0.2, 0.25) is 0 Å². The van der Waals surface area contributed by atoms with Crippen LogP contribution in [-0.4, -0.2) is 24.9 Å². The molecule has 55 heavy (non-hydrogen) atoms. The Morgan fingerprint density at radius 2 is 0.709 bits per heavy atom. The zero-order chi connectivity index (χ0) is 36.6. The van der Waals surface area contributed by atoms with E-state index in [9.17, 15) is 0 Å². The smallest absolute Gasteiger partial charge is 0.164 e. The minimum Gasteiger partial charge on any atom is -0.228 e. The SMILES string of the molecule is c1ccc(-c2nc(-c3ccc(-c4cccc(-c5nc(-c6ccccc6)nc(-c6ccccc6)n5)c4)cc3)cc(-c3ccc4sc5ccccc5c4c3)n2)cc1. The summed E-state index contributed by atoms with van der Waals surface area (Å²) in [7, 11) is 0. The Morgan fingerprint density at radius 1 is 0.255 bits per heavy atom. The summed E-state index contributed by atoms with van der Waals surface area (Å²) in [5.74, 6) is 2.60. The Hall–Kier alpha value is -7.15. The molecule has 0 aliphatic heterocycles. The number of benzene rings is 7. The molecule has 6 heteroatoms. The van der Waals surface area contributed by atoms with Crippen molar-refractivity contribution in [2.24, 2.45) is 0 Å². The first-order valence-electron chi connectivity index (χ1n) is 18.2. The van der Waals surface area contributed by atoms with Crippen LogP contribution >= 0.6 is 11.3 Å². The average Bonchev–Trinajstić information content (AvgIpc) is 3.65. The molecule has 10 rings (SSSR count). The van der Waals surface area contributed by atoms with E-state index in [0.717, 1.165) is 55.9 Å². The van der Waals surface area contributed by atoms with Crippen LogP contribution in [0.25, 0.3) is 99.4 Å². The molecule has 0 aliphatic rings. The van der Waals surface area contributed by atoms with Gasteiger partial charge in [0.15, 0.2) is 23.3 Å². The molecular weight excluding hydrogens is 691 g/mol. The standard InChI is InChI=1S/C49H31N5S/c1-4-13-34(14-5-1)46-50-42(31-43(51-46)38-27-28-45-41(30-38)40-21-10-11-22-44(40)55-45)33-25-23-32(24-26-33)37-19-12-20-39(29-37)49-53-47(35-15-6-2-7-16-35)52-48(54-49)36-17-8-3-9-18-36/h1-31H. The summed E-state index contributed by atoms with van der Waals surface area (Å²) in [6.45, 7) is 0. The van der Waals surface area contributed by atoms with Gasteiger partial charge in [0.1, 0.15) is 0 Å². The molecule has 0 saturated heterocycles. The van der Waals surface area contributed by atoms with Crippen LogP contribution in [-0.2, 0) is 0 Å². The highest BCUT2D eigenvalue weighted by Gasteiger charge is 2.15. The van der Waals surface area contributed by atoms with Crippen molar-refractivity contribution in [1.29, 1.82) is 0 Å². The predicted octanol–water partition coefficient (Wildman–Crippen LogP) is 12.7. The minimum atomic E-state index is 0.627. The Kier molecular flexibility index (Phi) is 8.28. The largest absolute Gasteiger partial charge is 0.228 e. The lowest BCUT2D eigenvalue weighted by Crippen LogP contribution is -2.00. The Bertz CT molecular complexity index is 2900. The second kappa shape index (κ2) is 14.0.